The number of carboxylic acid groups (broad SMARTS) is 1. The van der Waals surface area contributed by atoms with Crippen LogP contribution >= 0.6 is 22.6 Å². The van der Waals surface area contributed by atoms with E-state index < -0.39 is 5.97 Å². The van der Waals surface area contributed by atoms with E-state index in [4.69, 9.17) is 9.97 Å². The van der Waals surface area contributed by atoms with Gasteiger partial charge in [-0.1, -0.05) is 47.9 Å². The maximum absolute atomic E-state index is 12.9. The zero-order valence-electron chi connectivity index (χ0n) is 28.3. The highest BCUT2D eigenvalue weighted by atomic mass is 127. The maximum Gasteiger partial charge on any atom is 0.303 e. The van der Waals surface area contributed by atoms with Crippen molar-refractivity contribution in [3.05, 3.63) is 82.5 Å². The van der Waals surface area contributed by atoms with Crippen LogP contribution in [-0.4, -0.2) is 60.3 Å². The molecule has 0 fully saturated rings. The molecule has 0 atom stereocenters. The van der Waals surface area contributed by atoms with Crippen LogP contribution in [0.1, 0.15) is 84.6 Å². The highest BCUT2D eigenvalue weighted by Gasteiger charge is 2.23. The number of rotatable bonds is 12. The van der Waals surface area contributed by atoms with Crippen LogP contribution < -0.4 is 10.6 Å². The van der Waals surface area contributed by atoms with Crippen molar-refractivity contribution in [2.75, 3.05) is 17.5 Å². The third-order valence-electron chi connectivity index (χ3n) is 9.12. The van der Waals surface area contributed by atoms with Crippen molar-refractivity contribution in [2.24, 2.45) is 0 Å². The Bertz CT molecular complexity index is 2120. The zero-order valence-corrected chi connectivity index (χ0v) is 30.4. The summed E-state index contributed by atoms with van der Waals surface area (Å²) in [6.45, 7) is 16.9. The third-order valence-corrected chi connectivity index (χ3v) is 9.82. The lowest BCUT2D eigenvalue weighted by molar-refractivity contribution is -0.136. The van der Waals surface area contributed by atoms with Gasteiger partial charge in [-0.25, -0.2) is 9.97 Å². The molecule has 11 heteroatoms. The van der Waals surface area contributed by atoms with Gasteiger partial charge in [0.1, 0.15) is 0 Å². The van der Waals surface area contributed by atoms with E-state index in [0.717, 1.165) is 78.0 Å². The predicted octanol–water partition coefficient (Wildman–Crippen LogP) is 7.39. The Labute approximate surface area is 299 Å². The number of fused-ring (bicyclic) bond motifs is 8. The van der Waals surface area contributed by atoms with Crippen molar-refractivity contribution in [2.45, 2.75) is 53.4 Å². The molecule has 0 unspecified atom stereocenters. The molecule has 0 spiro atoms. The molecule has 2 aliphatic rings. The number of halogens is 1. The van der Waals surface area contributed by atoms with E-state index in [9.17, 15) is 19.5 Å². The minimum atomic E-state index is -0.885. The number of aliphatic carboxylic acids is 1. The highest BCUT2D eigenvalue weighted by molar-refractivity contribution is 14.1. The van der Waals surface area contributed by atoms with Gasteiger partial charge in [0, 0.05) is 59.1 Å². The van der Waals surface area contributed by atoms with Crippen molar-refractivity contribution in [1.82, 2.24) is 30.6 Å². The van der Waals surface area contributed by atoms with Crippen LogP contribution in [0.15, 0.2) is 37.4 Å². The first-order chi connectivity index (χ1) is 23.4. The molecule has 10 nitrogen and oxygen atoms in total. The smallest absolute Gasteiger partial charge is 0.303 e. The summed E-state index contributed by atoms with van der Waals surface area (Å²) in [5.41, 5.74) is 14.0. The number of nitrogens with zero attached hydrogens (tertiary/aromatic N) is 2. The van der Waals surface area contributed by atoms with E-state index in [0.29, 0.717) is 41.7 Å². The van der Waals surface area contributed by atoms with Crippen LogP contribution in [-0.2, 0) is 14.4 Å². The lowest BCUT2D eigenvalue weighted by Gasteiger charge is -2.08. The van der Waals surface area contributed by atoms with Gasteiger partial charge >= 0.3 is 5.97 Å². The number of nitrogens with one attached hydrogen (secondary N) is 4. The summed E-state index contributed by atoms with van der Waals surface area (Å²) in [6, 6.07) is 8.00. The average molecular weight is 773 g/mol. The molecule has 2 aliphatic heterocycles. The molecule has 5 heterocycles. The van der Waals surface area contributed by atoms with Gasteiger partial charge in [0.2, 0.25) is 11.8 Å². The molecule has 8 bridgehead atoms. The molecule has 5 rings (SSSR count). The van der Waals surface area contributed by atoms with E-state index in [2.05, 4.69) is 39.8 Å². The summed E-state index contributed by atoms with van der Waals surface area (Å²) < 4.78 is 0.363. The molecular weight excluding hydrogens is 731 g/mol. The Morgan fingerprint density at radius 1 is 0.714 bits per heavy atom. The van der Waals surface area contributed by atoms with Crippen molar-refractivity contribution in [3.8, 4) is 0 Å². The third kappa shape index (κ3) is 7.61. The minimum Gasteiger partial charge on any atom is -0.481 e. The second-order valence-electron chi connectivity index (χ2n) is 12.2. The Morgan fingerprint density at radius 3 is 1.69 bits per heavy atom. The fraction of sp³-hybridized carbons (Fsp3) is 0.289. The molecule has 0 saturated heterocycles. The minimum absolute atomic E-state index is 0.0386. The number of aromatic amines is 2. The van der Waals surface area contributed by atoms with E-state index >= 15 is 0 Å². The molecule has 49 heavy (non-hydrogen) atoms. The lowest BCUT2D eigenvalue weighted by atomic mass is 9.98. The van der Waals surface area contributed by atoms with E-state index in [-0.39, 0.29) is 24.7 Å². The fourth-order valence-corrected chi connectivity index (χ4v) is 6.58. The van der Waals surface area contributed by atoms with Gasteiger partial charge in [-0.05, 0) is 98.2 Å². The quantitative estimate of drug-likeness (QED) is 0.0736. The highest BCUT2D eigenvalue weighted by Crippen LogP contribution is 2.38. The van der Waals surface area contributed by atoms with E-state index in [1.165, 1.54) is 0 Å². The summed E-state index contributed by atoms with van der Waals surface area (Å²) in [6.07, 6.45) is 4.61. The normalized spacial score (nSPS) is 12.7. The van der Waals surface area contributed by atoms with Gasteiger partial charge in [-0.2, -0.15) is 0 Å². The Morgan fingerprint density at radius 2 is 1.18 bits per heavy atom. The second-order valence-corrected chi connectivity index (χ2v) is 12.9. The number of aryl methyl sites for hydroxylation is 2. The molecule has 0 aliphatic carbocycles. The first-order valence-corrected chi connectivity index (χ1v) is 17.7. The van der Waals surface area contributed by atoms with Crippen LogP contribution in [0.25, 0.3) is 56.5 Å². The fourth-order valence-electron chi connectivity index (χ4n) is 6.31. The molecule has 0 radical (unpaired) electrons. The SMILES string of the molecule is C=Cc1c(C)c2cc3[nH]c(cc4nc(cc5nc(cc1[nH]2)C(C)=C5CCC(=O)O)C(CCC(=O)NCCNC(=O)CI)=C4C)c(C)c3C=C. The molecule has 254 valence electrons. The summed E-state index contributed by atoms with van der Waals surface area (Å²) in [4.78, 5) is 53.3. The van der Waals surface area contributed by atoms with Crippen LogP contribution in [0.5, 0.6) is 0 Å². The number of H-pyrrole nitrogens is 2. The Hall–Kier alpha value is -4.78. The van der Waals surface area contributed by atoms with Gasteiger partial charge in [0.05, 0.1) is 27.2 Å². The summed E-state index contributed by atoms with van der Waals surface area (Å²) in [5.74, 6) is -1.09. The molecule has 3 aromatic rings. The van der Waals surface area contributed by atoms with Crippen molar-refractivity contribution < 1.29 is 19.5 Å². The molecule has 0 saturated carbocycles. The monoisotopic (exact) mass is 772 g/mol. The number of amides is 2. The maximum atomic E-state index is 12.9. The molecule has 2 amide bonds. The molecule has 5 N–H and O–H groups in total. The van der Waals surface area contributed by atoms with Gasteiger partial charge in [0.15, 0.2) is 0 Å². The van der Waals surface area contributed by atoms with Crippen LogP contribution in [0.4, 0.5) is 0 Å². The summed E-state index contributed by atoms with van der Waals surface area (Å²) >= 11 is 1.99. The van der Waals surface area contributed by atoms with Gasteiger partial charge in [-0.15, -0.1) is 0 Å². The number of aromatic nitrogens is 4. The first-order valence-electron chi connectivity index (χ1n) is 16.2. The van der Waals surface area contributed by atoms with Gasteiger partial charge in [-0.3, -0.25) is 14.4 Å². The zero-order chi connectivity index (χ0) is 35.4. The number of allylic oxidation sites excluding steroid dienone is 4. The van der Waals surface area contributed by atoms with Crippen LogP contribution in [0.2, 0.25) is 0 Å². The summed E-state index contributed by atoms with van der Waals surface area (Å²) in [5, 5.41) is 15.2. The largest absolute Gasteiger partial charge is 0.481 e. The molecule has 3 aromatic heterocycles. The first kappa shape index (κ1) is 35.5. The molecule has 0 aromatic carbocycles. The number of hydrogen-bond donors (Lipinski definition) is 5. The second kappa shape index (κ2) is 15.2. The Balaban J connectivity index is 1.71. The topological polar surface area (TPSA) is 153 Å². The van der Waals surface area contributed by atoms with Crippen LogP contribution in [0, 0.1) is 13.8 Å². The van der Waals surface area contributed by atoms with E-state index in [1.807, 2.05) is 80.6 Å². The number of carbonyl (C=O) groups excluding carboxylic acids is 2. The van der Waals surface area contributed by atoms with Crippen molar-refractivity contribution in [3.63, 3.8) is 0 Å². The van der Waals surface area contributed by atoms with Gasteiger partial charge < -0.3 is 25.7 Å². The Kier molecular flexibility index (Phi) is 11.0. The standard InChI is InChI=1S/C38H41IN6O4/c1-7-24-20(3)28-15-29-22(5)26(9-11-36(46)40-13-14-41-37(47)19-39)34(44-29)18-35-27(10-12-38(48)49)23(6)31(45-35)17-33-25(8-2)21(4)30(43-33)16-32(24)42-28/h7-8,15-18,42-43H,1-2,9-14,19H2,3-6H3,(H,40,46)(H,41,47)(H,48,49). The summed E-state index contributed by atoms with van der Waals surface area (Å²) in [7, 11) is 0. The number of alkyl halides is 1. The van der Waals surface area contributed by atoms with Crippen molar-refractivity contribution >= 4 is 96.9 Å². The predicted molar refractivity (Wildman–Crippen MR) is 207 cm³/mol. The lowest BCUT2D eigenvalue weighted by Crippen LogP contribution is -2.35. The average Bonchev–Trinajstić information content (AvgIpc) is 3.73. The number of carbonyl (C=O) groups is 3. The number of hydrogen-bond acceptors (Lipinski definition) is 5. The van der Waals surface area contributed by atoms with E-state index in [1.54, 1.807) is 0 Å². The van der Waals surface area contributed by atoms with Gasteiger partial charge in [0.25, 0.3) is 0 Å². The molecular formula is C38H41IN6O4. The number of carboxylic acids is 1. The van der Waals surface area contributed by atoms with Crippen molar-refractivity contribution in [1.29, 1.82) is 0 Å². The van der Waals surface area contributed by atoms with Crippen LogP contribution in [0.3, 0.4) is 0 Å².